The Hall–Kier alpha value is -0.0951. The molecule has 2 fully saturated rings. The highest BCUT2D eigenvalue weighted by atomic mass is 16.7. The summed E-state index contributed by atoms with van der Waals surface area (Å²) in [6.45, 7) is 10.2. The first kappa shape index (κ1) is 21.2. The van der Waals surface area contributed by atoms with Gasteiger partial charge in [-0.2, -0.15) is 0 Å². The minimum atomic E-state index is -0.192. The fourth-order valence-electron chi connectivity index (χ4n) is 3.44. The Balaban J connectivity index is 1.37. The second-order valence-corrected chi connectivity index (χ2v) is 8.62. The van der Waals surface area contributed by atoms with E-state index in [1.807, 2.05) is 0 Å². The van der Waals surface area contributed by atoms with Crippen molar-refractivity contribution in [3.05, 3.63) is 0 Å². The van der Waals surface area contributed by atoms with Gasteiger partial charge < -0.3 is 18.8 Å². The summed E-state index contributed by atoms with van der Waals surface area (Å²) in [5, 5.41) is 0. The summed E-state index contributed by atoms with van der Waals surface area (Å²) in [5.74, 6) is 0. The van der Waals surface area contributed by atoms with Gasteiger partial charge in [0.1, 0.15) is 0 Å². The smallest absolute Gasteiger partial charge is 0.403 e. The van der Waals surface area contributed by atoms with Crippen LogP contribution in [-0.4, -0.2) is 37.8 Å². The molecule has 4 nitrogen and oxygen atoms in total. The van der Waals surface area contributed by atoms with E-state index in [4.69, 9.17) is 18.8 Å². The van der Waals surface area contributed by atoms with Gasteiger partial charge in [-0.3, -0.25) is 0 Å². The minimum Gasteiger partial charge on any atom is -0.403 e. The van der Waals surface area contributed by atoms with E-state index in [0.29, 0.717) is 0 Å². The van der Waals surface area contributed by atoms with Crippen LogP contribution in [0.15, 0.2) is 0 Å². The van der Waals surface area contributed by atoms with Gasteiger partial charge in [-0.1, -0.05) is 38.5 Å². The first-order valence-electron chi connectivity index (χ1n) is 10.5. The largest absolute Gasteiger partial charge is 0.457 e. The molecular weight excluding hydrogens is 315 g/mol. The summed E-state index contributed by atoms with van der Waals surface area (Å²) in [5.41, 5.74) is -0.384. The van der Waals surface area contributed by atoms with Crippen LogP contribution in [0, 0.1) is 0 Å². The maximum Gasteiger partial charge on any atom is 0.457 e. The Labute approximate surface area is 155 Å². The Morgan fingerprint density at radius 3 is 2.04 bits per heavy atom. The highest BCUT2D eigenvalue weighted by Crippen LogP contribution is 2.38. The highest BCUT2D eigenvalue weighted by molar-refractivity contribution is 6.45. The molecular formula is C20H39BO4. The molecule has 0 amide bonds. The predicted octanol–water partition coefficient (Wildman–Crippen LogP) is 5.35. The van der Waals surface area contributed by atoms with Crippen LogP contribution in [0.3, 0.4) is 0 Å². The fourth-order valence-corrected chi connectivity index (χ4v) is 3.44. The lowest BCUT2D eigenvalue weighted by molar-refractivity contribution is -0.162. The molecule has 0 bridgehead atoms. The molecule has 0 spiro atoms. The molecule has 1 unspecified atom stereocenters. The van der Waals surface area contributed by atoms with Gasteiger partial charge in [-0.05, 0) is 59.7 Å². The Bertz CT molecular complexity index is 351. The first-order chi connectivity index (χ1) is 11.9. The average Bonchev–Trinajstić information content (AvgIpc) is 2.77. The lowest BCUT2D eigenvalue weighted by Crippen LogP contribution is -2.41. The molecule has 0 saturated carbocycles. The molecule has 2 aliphatic rings. The van der Waals surface area contributed by atoms with Crippen molar-refractivity contribution in [2.75, 3.05) is 13.2 Å². The van der Waals surface area contributed by atoms with Crippen LogP contribution in [-0.2, 0) is 18.8 Å². The van der Waals surface area contributed by atoms with Crippen LogP contribution >= 0.6 is 0 Å². The summed E-state index contributed by atoms with van der Waals surface area (Å²) in [6.07, 6.45) is 13.4. The van der Waals surface area contributed by atoms with Crippen LogP contribution in [0.5, 0.6) is 0 Å². The molecule has 0 aromatic heterocycles. The summed E-state index contributed by atoms with van der Waals surface area (Å²) in [6, 6.07) is 0. The van der Waals surface area contributed by atoms with Crippen molar-refractivity contribution in [1.82, 2.24) is 0 Å². The molecule has 0 aromatic carbocycles. The topological polar surface area (TPSA) is 36.9 Å². The number of rotatable bonds is 11. The molecule has 0 aliphatic carbocycles. The monoisotopic (exact) mass is 354 g/mol. The Morgan fingerprint density at radius 2 is 1.44 bits per heavy atom. The van der Waals surface area contributed by atoms with E-state index in [1.165, 1.54) is 51.4 Å². The van der Waals surface area contributed by atoms with Crippen molar-refractivity contribution in [3.8, 4) is 0 Å². The third kappa shape index (κ3) is 7.20. The van der Waals surface area contributed by atoms with Gasteiger partial charge in [0.05, 0.1) is 11.2 Å². The molecule has 2 aliphatic heterocycles. The minimum absolute atomic E-state index is 0.0239. The number of hydrogen-bond donors (Lipinski definition) is 0. The van der Waals surface area contributed by atoms with Crippen LogP contribution in [0.1, 0.15) is 91.9 Å². The van der Waals surface area contributed by atoms with Gasteiger partial charge in [0.15, 0.2) is 6.29 Å². The molecule has 5 heteroatoms. The van der Waals surface area contributed by atoms with Crippen LogP contribution in [0.2, 0.25) is 6.32 Å². The van der Waals surface area contributed by atoms with Gasteiger partial charge >= 0.3 is 7.12 Å². The van der Waals surface area contributed by atoms with Gasteiger partial charge in [0, 0.05) is 13.2 Å². The van der Waals surface area contributed by atoms with Crippen LogP contribution in [0.25, 0.3) is 0 Å². The number of unbranched alkanes of at least 4 members (excludes halogenated alkanes) is 6. The number of ether oxygens (including phenoxy) is 2. The quantitative estimate of drug-likeness (QED) is 0.370. The van der Waals surface area contributed by atoms with E-state index < -0.39 is 0 Å². The van der Waals surface area contributed by atoms with E-state index in [9.17, 15) is 0 Å². The summed E-state index contributed by atoms with van der Waals surface area (Å²) in [7, 11) is -0.0239. The van der Waals surface area contributed by atoms with Crippen LogP contribution < -0.4 is 0 Å². The van der Waals surface area contributed by atoms with Gasteiger partial charge in [-0.15, -0.1) is 0 Å². The normalized spacial score (nSPS) is 25.4. The van der Waals surface area contributed by atoms with Crippen molar-refractivity contribution in [3.63, 3.8) is 0 Å². The first-order valence-corrected chi connectivity index (χ1v) is 10.5. The van der Waals surface area contributed by atoms with Crippen molar-refractivity contribution in [2.45, 2.75) is 116 Å². The third-order valence-electron chi connectivity index (χ3n) is 5.83. The van der Waals surface area contributed by atoms with Gasteiger partial charge in [-0.25, -0.2) is 0 Å². The SMILES string of the molecule is CC1(C)OB(CCCCCCCCCOC2CCCCO2)OC1(C)C. The van der Waals surface area contributed by atoms with Crippen molar-refractivity contribution in [2.24, 2.45) is 0 Å². The lowest BCUT2D eigenvalue weighted by Gasteiger charge is -2.32. The standard InChI is InChI=1S/C20H39BO4/c1-19(2)20(3,4)25-21(24-19)15-11-8-6-5-7-9-12-16-22-18-14-10-13-17-23-18/h18H,5-17H2,1-4H3. The predicted molar refractivity (Wildman–Crippen MR) is 103 cm³/mol. The summed E-state index contributed by atoms with van der Waals surface area (Å²) in [4.78, 5) is 0. The van der Waals surface area contributed by atoms with Gasteiger partial charge in [0.2, 0.25) is 0 Å². The Kier molecular flexibility index (Phi) is 8.73. The molecule has 2 saturated heterocycles. The van der Waals surface area contributed by atoms with E-state index >= 15 is 0 Å². The van der Waals surface area contributed by atoms with E-state index in [0.717, 1.165) is 32.4 Å². The zero-order valence-corrected chi connectivity index (χ0v) is 17.0. The van der Waals surface area contributed by atoms with E-state index in [2.05, 4.69) is 27.7 Å². The maximum atomic E-state index is 6.04. The van der Waals surface area contributed by atoms with Gasteiger partial charge in [0.25, 0.3) is 0 Å². The molecule has 25 heavy (non-hydrogen) atoms. The van der Waals surface area contributed by atoms with E-state index in [-0.39, 0.29) is 24.6 Å². The Morgan fingerprint density at radius 1 is 0.840 bits per heavy atom. The molecule has 0 aromatic rings. The zero-order valence-electron chi connectivity index (χ0n) is 17.0. The van der Waals surface area contributed by atoms with E-state index in [1.54, 1.807) is 0 Å². The maximum absolute atomic E-state index is 6.04. The number of hydrogen-bond acceptors (Lipinski definition) is 4. The molecule has 0 N–H and O–H groups in total. The van der Waals surface area contributed by atoms with Crippen LogP contribution in [0.4, 0.5) is 0 Å². The second-order valence-electron chi connectivity index (χ2n) is 8.62. The molecule has 1 atom stereocenters. The average molecular weight is 354 g/mol. The fraction of sp³-hybridized carbons (Fsp3) is 1.00. The summed E-state index contributed by atoms with van der Waals surface area (Å²) < 4.78 is 23.4. The highest BCUT2D eigenvalue weighted by Gasteiger charge is 2.50. The molecule has 0 radical (unpaired) electrons. The zero-order chi connectivity index (χ0) is 18.2. The molecule has 2 heterocycles. The molecule has 2 rings (SSSR count). The van der Waals surface area contributed by atoms with Crippen molar-refractivity contribution in [1.29, 1.82) is 0 Å². The third-order valence-corrected chi connectivity index (χ3v) is 5.83. The van der Waals surface area contributed by atoms with Crippen molar-refractivity contribution < 1.29 is 18.8 Å². The van der Waals surface area contributed by atoms with Crippen molar-refractivity contribution >= 4 is 7.12 Å². The second kappa shape index (κ2) is 10.3. The molecule has 146 valence electrons. The lowest BCUT2D eigenvalue weighted by atomic mass is 9.82. The summed E-state index contributed by atoms with van der Waals surface area (Å²) >= 11 is 0.